The van der Waals surface area contributed by atoms with Crippen LogP contribution in [0.1, 0.15) is 48.2 Å². The van der Waals surface area contributed by atoms with Crippen LogP contribution in [0.3, 0.4) is 0 Å². The molecule has 1 aromatic carbocycles. The molecular formula is C16H20N4S. The van der Waals surface area contributed by atoms with Crippen LogP contribution in [0.4, 0.5) is 0 Å². The first kappa shape index (κ1) is 13.3. The summed E-state index contributed by atoms with van der Waals surface area (Å²) in [7, 11) is 0. The third kappa shape index (κ3) is 2.38. The molecular weight excluding hydrogens is 280 g/mol. The SMILES string of the molecule is CC(NC1CSCc2ccccc21)c1nnc2n1CCC2. The number of aryl methyl sites for hydroxylation is 1. The van der Waals surface area contributed by atoms with Crippen LogP contribution in [0.5, 0.6) is 0 Å². The van der Waals surface area contributed by atoms with Gasteiger partial charge >= 0.3 is 0 Å². The maximum Gasteiger partial charge on any atom is 0.149 e. The third-order valence-electron chi connectivity index (χ3n) is 4.45. The molecule has 2 aliphatic rings. The van der Waals surface area contributed by atoms with Gasteiger partial charge in [-0.1, -0.05) is 24.3 Å². The van der Waals surface area contributed by atoms with Gasteiger partial charge in [-0.25, -0.2) is 0 Å². The molecule has 2 atom stereocenters. The molecule has 1 aromatic heterocycles. The highest BCUT2D eigenvalue weighted by molar-refractivity contribution is 7.98. The Morgan fingerprint density at radius 2 is 2.24 bits per heavy atom. The van der Waals surface area contributed by atoms with E-state index in [0.29, 0.717) is 6.04 Å². The molecule has 0 bridgehead atoms. The zero-order valence-corrected chi connectivity index (χ0v) is 13.1. The van der Waals surface area contributed by atoms with Crippen molar-refractivity contribution in [1.82, 2.24) is 20.1 Å². The number of nitrogens with zero attached hydrogens (tertiary/aromatic N) is 3. The Balaban J connectivity index is 1.56. The maximum atomic E-state index is 4.40. The normalized spacial score (nSPS) is 21.9. The molecule has 0 radical (unpaired) electrons. The van der Waals surface area contributed by atoms with Crippen molar-refractivity contribution >= 4 is 11.8 Å². The summed E-state index contributed by atoms with van der Waals surface area (Å²) in [5.74, 6) is 4.50. The minimum atomic E-state index is 0.237. The van der Waals surface area contributed by atoms with E-state index in [0.717, 1.165) is 36.1 Å². The van der Waals surface area contributed by atoms with E-state index in [9.17, 15) is 0 Å². The molecule has 0 saturated heterocycles. The molecule has 2 aromatic rings. The van der Waals surface area contributed by atoms with Crippen molar-refractivity contribution in [1.29, 1.82) is 0 Å². The van der Waals surface area contributed by atoms with Crippen LogP contribution in [0.2, 0.25) is 0 Å². The Labute approximate surface area is 129 Å². The van der Waals surface area contributed by atoms with Crippen LogP contribution < -0.4 is 5.32 Å². The van der Waals surface area contributed by atoms with Gasteiger partial charge < -0.3 is 4.57 Å². The van der Waals surface area contributed by atoms with Crippen LogP contribution in [0, 0.1) is 0 Å². The maximum absolute atomic E-state index is 4.40. The van der Waals surface area contributed by atoms with Gasteiger partial charge in [0.15, 0.2) is 0 Å². The van der Waals surface area contributed by atoms with Crippen LogP contribution in [-0.2, 0) is 18.7 Å². The van der Waals surface area contributed by atoms with E-state index in [1.807, 2.05) is 11.8 Å². The van der Waals surface area contributed by atoms with Crippen molar-refractivity contribution in [2.75, 3.05) is 5.75 Å². The average molecular weight is 300 g/mol. The summed E-state index contributed by atoms with van der Waals surface area (Å²) < 4.78 is 2.29. The van der Waals surface area contributed by atoms with Crippen molar-refractivity contribution in [3.05, 3.63) is 47.0 Å². The monoisotopic (exact) mass is 300 g/mol. The van der Waals surface area contributed by atoms with E-state index < -0.39 is 0 Å². The summed E-state index contributed by atoms with van der Waals surface area (Å²) in [4.78, 5) is 0. The van der Waals surface area contributed by atoms with Crippen LogP contribution in [-0.4, -0.2) is 20.5 Å². The molecule has 0 fully saturated rings. The van der Waals surface area contributed by atoms with Gasteiger partial charge in [0.1, 0.15) is 11.6 Å². The Bertz CT molecular complexity index is 651. The number of hydrogen-bond acceptors (Lipinski definition) is 4. The van der Waals surface area contributed by atoms with Crippen molar-refractivity contribution in [3.8, 4) is 0 Å². The number of nitrogens with one attached hydrogen (secondary N) is 1. The Morgan fingerprint density at radius 1 is 1.33 bits per heavy atom. The zero-order chi connectivity index (χ0) is 14.2. The van der Waals surface area contributed by atoms with E-state index in [4.69, 9.17) is 0 Å². The molecule has 4 nitrogen and oxygen atoms in total. The molecule has 2 aliphatic heterocycles. The Morgan fingerprint density at radius 3 is 3.19 bits per heavy atom. The second-order valence-electron chi connectivity index (χ2n) is 5.88. The predicted octanol–water partition coefficient (Wildman–Crippen LogP) is 2.86. The lowest BCUT2D eigenvalue weighted by Gasteiger charge is -2.28. The minimum absolute atomic E-state index is 0.237. The molecule has 3 heterocycles. The second-order valence-corrected chi connectivity index (χ2v) is 6.91. The molecule has 0 amide bonds. The number of rotatable bonds is 3. The fourth-order valence-electron chi connectivity index (χ4n) is 3.39. The standard InChI is InChI=1S/C16H20N4S/c1-11(16-19-18-15-7-4-8-20(15)16)17-14-10-21-9-12-5-2-3-6-13(12)14/h2-3,5-6,11,14,17H,4,7-10H2,1H3. The smallest absolute Gasteiger partial charge is 0.149 e. The quantitative estimate of drug-likeness (QED) is 0.946. The van der Waals surface area contributed by atoms with Crippen molar-refractivity contribution in [2.24, 2.45) is 0 Å². The van der Waals surface area contributed by atoms with Gasteiger partial charge in [0.25, 0.3) is 0 Å². The Hall–Kier alpha value is -1.33. The molecule has 1 N–H and O–H groups in total. The lowest BCUT2D eigenvalue weighted by atomic mass is 10.0. The van der Waals surface area contributed by atoms with Gasteiger partial charge in [-0.3, -0.25) is 5.32 Å². The van der Waals surface area contributed by atoms with Gasteiger partial charge in [0.2, 0.25) is 0 Å². The van der Waals surface area contributed by atoms with Gasteiger partial charge in [-0.2, -0.15) is 11.8 Å². The number of benzene rings is 1. The molecule has 0 saturated carbocycles. The van der Waals surface area contributed by atoms with Crippen LogP contribution in [0.15, 0.2) is 24.3 Å². The van der Waals surface area contributed by atoms with E-state index in [1.165, 1.54) is 17.5 Å². The fourth-order valence-corrected chi connectivity index (χ4v) is 4.50. The van der Waals surface area contributed by atoms with Crippen LogP contribution >= 0.6 is 11.8 Å². The second kappa shape index (κ2) is 5.46. The summed E-state index contributed by atoms with van der Waals surface area (Å²) in [5, 5.41) is 12.5. The zero-order valence-electron chi connectivity index (χ0n) is 12.2. The summed E-state index contributed by atoms with van der Waals surface area (Å²) in [6.45, 7) is 3.27. The highest BCUT2D eigenvalue weighted by Gasteiger charge is 2.26. The van der Waals surface area contributed by atoms with Gasteiger partial charge in [0.05, 0.1) is 6.04 Å². The molecule has 0 aliphatic carbocycles. The molecule has 5 heteroatoms. The van der Waals surface area contributed by atoms with Crippen molar-refractivity contribution in [3.63, 3.8) is 0 Å². The van der Waals surface area contributed by atoms with E-state index in [-0.39, 0.29) is 6.04 Å². The number of fused-ring (bicyclic) bond motifs is 2. The van der Waals surface area contributed by atoms with Crippen molar-refractivity contribution < 1.29 is 0 Å². The Kier molecular flexibility index (Phi) is 3.47. The summed E-state index contributed by atoms with van der Waals surface area (Å²) in [6, 6.07) is 9.42. The van der Waals surface area contributed by atoms with Gasteiger partial charge in [-0.05, 0) is 24.5 Å². The van der Waals surface area contributed by atoms with E-state index in [1.54, 1.807) is 0 Å². The lowest BCUT2D eigenvalue weighted by molar-refractivity contribution is 0.460. The minimum Gasteiger partial charge on any atom is -0.314 e. The van der Waals surface area contributed by atoms with Crippen molar-refractivity contribution in [2.45, 2.75) is 44.1 Å². The summed E-state index contributed by atoms with van der Waals surface area (Å²) in [6.07, 6.45) is 2.27. The molecule has 21 heavy (non-hydrogen) atoms. The van der Waals surface area contributed by atoms with Gasteiger partial charge in [0, 0.05) is 30.5 Å². The average Bonchev–Trinajstić information content (AvgIpc) is 3.10. The molecule has 4 rings (SSSR count). The highest BCUT2D eigenvalue weighted by atomic mass is 32.2. The third-order valence-corrected chi connectivity index (χ3v) is 5.53. The first-order chi connectivity index (χ1) is 10.3. The molecule has 2 unspecified atom stereocenters. The molecule has 0 spiro atoms. The number of aromatic nitrogens is 3. The largest absolute Gasteiger partial charge is 0.314 e. The predicted molar refractivity (Wildman–Crippen MR) is 85.2 cm³/mol. The first-order valence-corrected chi connectivity index (χ1v) is 8.82. The van der Waals surface area contributed by atoms with E-state index in [2.05, 4.69) is 51.3 Å². The fraction of sp³-hybridized carbons (Fsp3) is 0.500. The number of thioether (sulfide) groups is 1. The van der Waals surface area contributed by atoms with E-state index >= 15 is 0 Å². The lowest BCUT2D eigenvalue weighted by Crippen LogP contribution is -2.30. The summed E-state index contributed by atoms with van der Waals surface area (Å²) in [5.41, 5.74) is 2.91. The molecule has 110 valence electrons. The van der Waals surface area contributed by atoms with Gasteiger partial charge in [-0.15, -0.1) is 10.2 Å². The number of hydrogen-bond donors (Lipinski definition) is 1. The summed E-state index contributed by atoms with van der Waals surface area (Å²) >= 11 is 2.01. The first-order valence-electron chi connectivity index (χ1n) is 7.66. The highest BCUT2D eigenvalue weighted by Crippen LogP contribution is 2.33. The topological polar surface area (TPSA) is 42.7 Å². The van der Waals surface area contributed by atoms with Crippen LogP contribution in [0.25, 0.3) is 0 Å².